The lowest BCUT2D eigenvalue weighted by Crippen LogP contribution is -2.01. The Morgan fingerprint density at radius 3 is 0.733 bits per heavy atom. The van der Waals surface area contributed by atoms with Crippen LogP contribution in [0.2, 0.25) is 0 Å². The summed E-state index contributed by atoms with van der Waals surface area (Å²) in [6, 6.07) is 0. The van der Waals surface area contributed by atoms with Crippen molar-refractivity contribution in [2.24, 2.45) is 0 Å². The Kier molecular flexibility index (Phi) is 28.8. The first-order valence-corrected chi connectivity index (χ1v) is 14.1. The highest BCUT2D eigenvalue weighted by atomic mass is 16.5. The molecule has 0 aliphatic heterocycles. The summed E-state index contributed by atoms with van der Waals surface area (Å²) < 4.78 is 11.5. The Bertz CT molecular complexity index is 252. The lowest BCUT2D eigenvalue weighted by molar-refractivity contribution is 0.0991. The molecule has 0 radical (unpaired) electrons. The first-order chi connectivity index (χ1) is 14.9. The van der Waals surface area contributed by atoms with E-state index >= 15 is 0 Å². The van der Waals surface area contributed by atoms with Gasteiger partial charge in [-0.05, 0) is 25.7 Å². The Morgan fingerprint density at radius 2 is 0.467 bits per heavy atom. The Labute approximate surface area is 191 Å². The molecule has 0 saturated carbocycles. The lowest BCUT2D eigenvalue weighted by atomic mass is 10.1. The minimum Gasteiger partial charge on any atom is -0.381 e. The predicted molar refractivity (Wildman–Crippen MR) is 135 cm³/mol. The van der Waals surface area contributed by atoms with Crippen molar-refractivity contribution in [1.82, 2.24) is 0 Å². The van der Waals surface area contributed by atoms with Crippen LogP contribution in [0, 0.1) is 0 Å². The summed E-state index contributed by atoms with van der Waals surface area (Å²) in [5, 5.41) is 0. The molecule has 0 spiro atoms. The van der Waals surface area contributed by atoms with Gasteiger partial charge in [-0.2, -0.15) is 0 Å². The number of rotatable bonds is 27. The summed E-state index contributed by atoms with van der Waals surface area (Å²) in [6.07, 6.45) is 30.2. The van der Waals surface area contributed by atoms with Gasteiger partial charge in [-0.3, -0.25) is 0 Å². The highest BCUT2D eigenvalue weighted by Gasteiger charge is 1.96. The average Bonchev–Trinajstić information content (AvgIpc) is 2.76. The minimum absolute atomic E-state index is 0.916. The van der Waals surface area contributed by atoms with Gasteiger partial charge in [-0.1, -0.05) is 129 Å². The fourth-order valence-electron chi connectivity index (χ4n) is 4.00. The van der Waals surface area contributed by atoms with Crippen LogP contribution in [0.1, 0.15) is 155 Å². The van der Waals surface area contributed by atoms with Crippen LogP contribution < -0.4 is 0 Å². The monoisotopic (exact) mass is 426 g/mol. The van der Waals surface area contributed by atoms with Crippen molar-refractivity contribution in [2.75, 3.05) is 26.4 Å². The van der Waals surface area contributed by atoms with Crippen LogP contribution in [0.25, 0.3) is 0 Å². The molecule has 0 bridgehead atoms. The molecule has 0 atom stereocenters. The summed E-state index contributed by atoms with van der Waals surface area (Å²) >= 11 is 0. The van der Waals surface area contributed by atoms with Gasteiger partial charge in [0.25, 0.3) is 0 Å². The molecule has 30 heavy (non-hydrogen) atoms. The molecule has 0 aliphatic carbocycles. The van der Waals surface area contributed by atoms with E-state index in [9.17, 15) is 0 Å². The first-order valence-electron chi connectivity index (χ1n) is 14.1. The van der Waals surface area contributed by atoms with Crippen molar-refractivity contribution in [1.29, 1.82) is 0 Å². The van der Waals surface area contributed by atoms with Gasteiger partial charge in [0, 0.05) is 26.4 Å². The minimum atomic E-state index is 0.916. The highest BCUT2D eigenvalue weighted by molar-refractivity contribution is 4.49. The molecule has 2 nitrogen and oxygen atoms in total. The molecule has 0 aromatic heterocycles. The van der Waals surface area contributed by atoms with E-state index in [0.717, 1.165) is 39.3 Å². The molecule has 0 aromatic carbocycles. The van der Waals surface area contributed by atoms with Crippen molar-refractivity contribution in [3.63, 3.8) is 0 Å². The van der Waals surface area contributed by atoms with Gasteiger partial charge in [0.05, 0.1) is 0 Å². The van der Waals surface area contributed by atoms with Crippen LogP contribution in [-0.2, 0) is 9.47 Å². The number of unbranched alkanes of at least 4 members (excludes halogenated alkanes) is 19. The van der Waals surface area contributed by atoms with E-state index in [2.05, 4.69) is 13.8 Å². The summed E-state index contributed by atoms with van der Waals surface area (Å²) in [5.41, 5.74) is 0. The van der Waals surface area contributed by atoms with Crippen LogP contribution in [0.5, 0.6) is 0 Å². The van der Waals surface area contributed by atoms with Crippen LogP contribution in [0.3, 0.4) is 0 Å². The van der Waals surface area contributed by atoms with Crippen LogP contribution in [0.4, 0.5) is 0 Å². The van der Waals surface area contributed by atoms with Gasteiger partial charge in [0.2, 0.25) is 0 Å². The fourth-order valence-corrected chi connectivity index (χ4v) is 4.00. The van der Waals surface area contributed by atoms with Crippen LogP contribution >= 0.6 is 0 Å². The maximum atomic E-state index is 5.76. The molecule has 2 heteroatoms. The van der Waals surface area contributed by atoms with Gasteiger partial charge in [0.15, 0.2) is 0 Å². The second kappa shape index (κ2) is 28.9. The maximum absolute atomic E-state index is 5.76. The SMILES string of the molecule is CCCCCCCCCCCCOCCCCOCCCCCCCCCCCC. The molecule has 0 saturated heterocycles. The summed E-state index contributed by atoms with van der Waals surface area (Å²) in [6.45, 7) is 8.32. The molecular weight excluding hydrogens is 368 g/mol. The van der Waals surface area contributed by atoms with Crippen molar-refractivity contribution in [3.8, 4) is 0 Å². The topological polar surface area (TPSA) is 18.5 Å². The van der Waals surface area contributed by atoms with E-state index in [4.69, 9.17) is 9.47 Å². The third-order valence-electron chi connectivity index (χ3n) is 6.11. The van der Waals surface area contributed by atoms with E-state index in [0.29, 0.717) is 0 Å². The largest absolute Gasteiger partial charge is 0.381 e. The van der Waals surface area contributed by atoms with Crippen LogP contribution in [0.15, 0.2) is 0 Å². The van der Waals surface area contributed by atoms with E-state index in [-0.39, 0.29) is 0 Å². The van der Waals surface area contributed by atoms with Crippen molar-refractivity contribution in [3.05, 3.63) is 0 Å². The van der Waals surface area contributed by atoms with Crippen molar-refractivity contribution < 1.29 is 9.47 Å². The number of ether oxygens (including phenoxy) is 2. The zero-order chi connectivity index (χ0) is 21.8. The zero-order valence-electron chi connectivity index (χ0n) is 21.2. The van der Waals surface area contributed by atoms with Crippen molar-refractivity contribution >= 4 is 0 Å². The molecule has 0 heterocycles. The third kappa shape index (κ3) is 27.9. The summed E-state index contributed by atoms with van der Waals surface area (Å²) in [7, 11) is 0. The molecule has 182 valence electrons. The number of hydrogen-bond acceptors (Lipinski definition) is 2. The fraction of sp³-hybridized carbons (Fsp3) is 1.00. The molecule has 0 unspecified atom stereocenters. The normalized spacial score (nSPS) is 11.4. The Hall–Kier alpha value is -0.0800. The van der Waals surface area contributed by atoms with Gasteiger partial charge in [-0.25, -0.2) is 0 Å². The predicted octanol–water partition coefficient (Wildman–Crippen LogP) is 9.64. The number of hydrogen-bond donors (Lipinski definition) is 0. The molecule has 0 fully saturated rings. The molecule has 0 aliphatic rings. The molecule has 0 rings (SSSR count). The first kappa shape index (κ1) is 29.9. The molecule has 0 amide bonds. The van der Waals surface area contributed by atoms with Crippen LogP contribution in [-0.4, -0.2) is 26.4 Å². The molecule has 0 aromatic rings. The lowest BCUT2D eigenvalue weighted by Gasteiger charge is -2.06. The van der Waals surface area contributed by atoms with E-state index in [1.807, 2.05) is 0 Å². The zero-order valence-corrected chi connectivity index (χ0v) is 21.2. The van der Waals surface area contributed by atoms with E-state index < -0.39 is 0 Å². The van der Waals surface area contributed by atoms with Gasteiger partial charge < -0.3 is 9.47 Å². The van der Waals surface area contributed by atoms with Crippen molar-refractivity contribution in [2.45, 2.75) is 155 Å². The van der Waals surface area contributed by atoms with Gasteiger partial charge >= 0.3 is 0 Å². The quantitative estimate of drug-likeness (QED) is 0.122. The Morgan fingerprint density at radius 1 is 0.267 bits per heavy atom. The second-order valence-electron chi connectivity index (χ2n) is 9.30. The Balaban J connectivity index is 2.97. The summed E-state index contributed by atoms with van der Waals surface area (Å²) in [5.74, 6) is 0. The molecule has 0 N–H and O–H groups in total. The third-order valence-corrected chi connectivity index (χ3v) is 6.11. The van der Waals surface area contributed by atoms with E-state index in [1.165, 1.54) is 128 Å². The highest BCUT2D eigenvalue weighted by Crippen LogP contribution is 2.11. The molecular formula is C28H58O2. The average molecular weight is 427 g/mol. The standard InChI is InChI=1S/C28H58O2/c1-3-5-7-9-11-13-15-17-19-21-25-29-27-23-24-28-30-26-22-20-18-16-14-12-10-8-6-4-2/h3-28H2,1-2H3. The summed E-state index contributed by atoms with van der Waals surface area (Å²) in [4.78, 5) is 0. The van der Waals surface area contributed by atoms with Gasteiger partial charge in [0.1, 0.15) is 0 Å². The van der Waals surface area contributed by atoms with E-state index in [1.54, 1.807) is 0 Å². The second-order valence-corrected chi connectivity index (χ2v) is 9.30. The smallest absolute Gasteiger partial charge is 0.0466 e. The maximum Gasteiger partial charge on any atom is 0.0466 e. The van der Waals surface area contributed by atoms with Gasteiger partial charge in [-0.15, -0.1) is 0 Å².